The third-order valence-corrected chi connectivity index (χ3v) is 2.95. The third-order valence-electron chi connectivity index (χ3n) is 1.64. The van der Waals surface area contributed by atoms with E-state index in [1.54, 1.807) is 24.3 Å². The van der Waals surface area contributed by atoms with Gasteiger partial charge < -0.3 is 5.11 Å². The van der Waals surface area contributed by atoms with Gasteiger partial charge in [-0.2, -0.15) is 0 Å². The van der Waals surface area contributed by atoms with Crippen molar-refractivity contribution in [3.63, 3.8) is 0 Å². The highest BCUT2D eigenvalue weighted by atomic mass is 79.9. The van der Waals surface area contributed by atoms with Crippen LogP contribution in [-0.4, -0.2) is 19.3 Å². The van der Waals surface area contributed by atoms with Gasteiger partial charge in [-0.3, -0.25) is 0 Å². The number of primary sulfonamides is 1. The summed E-state index contributed by atoms with van der Waals surface area (Å²) < 4.78 is 22.2. The molecule has 0 amide bonds. The summed E-state index contributed by atoms with van der Waals surface area (Å²) in [6.45, 7) is 0. The summed E-state index contributed by atoms with van der Waals surface area (Å²) in [5.74, 6) is -0.464. The van der Waals surface area contributed by atoms with Gasteiger partial charge in [-0.05, 0) is 17.7 Å². The maximum atomic E-state index is 10.7. The average molecular weight is 280 g/mol. The number of hydrogen-bond acceptors (Lipinski definition) is 3. The molecule has 6 heteroatoms. The van der Waals surface area contributed by atoms with Crippen LogP contribution in [0.3, 0.4) is 0 Å². The Hall–Kier alpha value is -0.430. The zero-order valence-electron chi connectivity index (χ0n) is 7.22. The lowest BCUT2D eigenvalue weighted by Crippen LogP contribution is -2.21. The second-order valence-electron chi connectivity index (χ2n) is 2.90. The summed E-state index contributed by atoms with van der Waals surface area (Å²) in [7, 11) is -3.64. The Balaban J connectivity index is 2.80. The molecular formula is C8H10BrNO3S. The summed E-state index contributed by atoms with van der Waals surface area (Å²) >= 11 is 3.23. The molecular weight excluding hydrogens is 270 g/mol. The minimum absolute atomic E-state index is 0.464. The molecule has 78 valence electrons. The molecule has 0 heterocycles. The van der Waals surface area contributed by atoms with Gasteiger partial charge in [-0.25, -0.2) is 13.6 Å². The Morgan fingerprint density at radius 2 is 1.86 bits per heavy atom. The van der Waals surface area contributed by atoms with Gasteiger partial charge in [-0.1, -0.05) is 28.1 Å². The highest BCUT2D eigenvalue weighted by molar-refractivity contribution is 9.10. The van der Waals surface area contributed by atoms with Crippen molar-refractivity contribution in [2.45, 2.75) is 6.10 Å². The van der Waals surface area contributed by atoms with E-state index in [1.165, 1.54) is 0 Å². The summed E-state index contributed by atoms with van der Waals surface area (Å²) in [5, 5.41) is 14.3. The normalized spacial score (nSPS) is 13.9. The second kappa shape index (κ2) is 4.39. The van der Waals surface area contributed by atoms with Crippen molar-refractivity contribution in [2.75, 3.05) is 5.75 Å². The highest BCUT2D eigenvalue weighted by Gasteiger charge is 2.14. The fourth-order valence-corrected chi connectivity index (χ4v) is 1.90. The van der Waals surface area contributed by atoms with Crippen molar-refractivity contribution >= 4 is 26.0 Å². The van der Waals surface area contributed by atoms with Gasteiger partial charge in [0.05, 0.1) is 11.9 Å². The third kappa shape index (κ3) is 3.75. The molecule has 0 aliphatic heterocycles. The van der Waals surface area contributed by atoms with E-state index in [0.717, 1.165) is 4.47 Å². The number of aliphatic hydroxyl groups excluding tert-OH is 1. The Morgan fingerprint density at radius 1 is 1.36 bits per heavy atom. The molecule has 0 spiro atoms. The lowest BCUT2D eigenvalue weighted by Gasteiger charge is -2.08. The van der Waals surface area contributed by atoms with E-state index in [4.69, 9.17) is 5.14 Å². The number of benzene rings is 1. The molecule has 14 heavy (non-hydrogen) atoms. The van der Waals surface area contributed by atoms with Crippen LogP contribution in [0, 0.1) is 0 Å². The molecule has 1 aromatic rings. The number of aliphatic hydroxyl groups is 1. The first kappa shape index (κ1) is 11.6. The molecule has 1 unspecified atom stereocenters. The minimum atomic E-state index is -3.64. The average Bonchev–Trinajstić information content (AvgIpc) is 2.02. The van der Waals surface area contributed by atoms with Crippen molar-refractivity contribution in [1.82, 2.24) is 0 Å². The summed E-state index contributed by atoms with van der Waals surface area (Å²) in [5.41, 5.74) is 0.530. The smallest absolute Gasteiger partial charge is 0.211 e. The molecule has 3 N–H and O–H groups in total. The molecule has 0 bridgehead atoms. The Labute approximate surface area is 90.9 Å². The van der Waals surface area contributed by atoms with Crippen LogP contribution in [0.5, 0.6) is 0 Å². The van der Waals surface area contributed by atoms with Crippen LogP contribution in [0.25, 0.3) is 0 Å². The lowest BCUT2D eigenvalue weighted by molar-refractivity contribution is 0.201. The van der Waals surface area contributed by atoms with Gasteiger partial charge in [0.15, 0.2) is 0 Å². The standard InChI is InChI=1S/C8H10BrNO3S/c9-7-3-1-6(2-4-7)8(11)5-14(10,12)13/h1-4,8,11H,5H2,(H2,10,12,13). The number of hydrogen-bond donors (Lipinski definition) is 2. The molecule has 0 aromatic heterocycles. The zero-order valence-corrected chi connectivity index (χ0v) is 9.62. The maximum absolute atomic E-state index is 10.7. The van der Waals surface area contributed by atoms with E-state index in [2.05, 4.69) is 15.9 Å². The van der Waals surface area contributed by atoms with Crippen molar-refractivity contribution in [3.05, 3.63) is 34.3 Å². The van der Waals surface area contributed by atoms with E-state index in [-0.39, 0.29) is 0 Å². The molecule has 1 atom stereocenters. The Kier molecular flexibility index (Phi) is 3.65. The van der Waals surface area contributed by atoms with E-state index in [1.807, 2.05) is 0 Å². The molecule has 0 radical (unpaired) electrons. The predicted molar refractivity (Wildman–Crippen MR) is 57.1 cm³/mol. The van der Waals surface area contributed by atoms with Crippen LogP contribution >= 0.6 is 15.9 Å². The van der Waals surface area contributed by atoms with Gasteiger partial charge in [0.25, 0.3) is 0 Å². The first-order valence-electron chi connectivity index (χ1n) is 3.82. The molecule has 1 rings (SSSR count). The van der Waals surface area contributed by atoms with E-state index < -0.39 is 21.9 Å². The molecule has 0 fully saturated rings. The van der Waals surface area contributed by atoms with Crippen molar-refractivity contribution in [1.29, 1.82) is 0 Å². The van der Waals surface area contributed by atoms with Gasteiger partial charge in [0, 0.05) is 4.47 Å². The van der Waals surface area contributed by atoms with E-state index in [9.17, 15) is 13.5 Å². The van der Waals surface area contributed by atoms with Crippen LogP contribution in [0.1, 0.15) is 11.7 Å². The first-order chi connectivity index (χ1) is 6.38. The zero-order chi connectivity index (χ0) is 10.8. The van der Waals surface area contributed by atoms with Crippen molar-refractivity contribution in [3.8, 4) is 0 Å². The monoisotopic (exact) mass is 279 g/mol. The fraction of sp³-hybridized carbons (Fsp3) is 0.250. The fourth-order valence-electron chi connectivity index (χ4n) is 1.00. The maximum Gasteiger partial charge on any atom is 0.211 e. The molecule has 0 saturated carbocycles. The van der Waals surface area contributed by atoms with E-state index >= 15 is 0 Å². The Bertz CT molecular complexity index is 401. The first-order valence-corrected chi connectivity index (χ1v) is 6.33. The molecule has 1 aromatic carbocycles. The number of halogens is 1. The quantitative estimate of drug-likeness (QED) is 0.858. The van der Waals surface area contributed by atoms with Crippen molar-refractivity contribution in [2.24, 2.45) is 5.14 Å². The Morgan fingerprint density at radius 3 is 2.29 bits per heavy atom. The van der Waals surface area contributed by atoms with Crippen LogP contribution in [0.15, 0.2) is 28.7 Å². The number of sulfonamides is 1. The summed E-state index contributed by atoms with van der Waals surface area (Å²) in [6, 6.07) is 6.73. The molecule has 0 aliphatic carbocycles. The van der Waals surface area contributed by atoms with E-state index in [0.29, 0.717) is 5.56 Å². The van der Waals surface area contributed by atoms with Crippen LogP contribution in [0.2, 0.25) is 0 Å². The SMILES string of the molecule is NS(=O)(=O)CC(O)c1ccc(Br)cc1. The minimum Gasteiger partial charge on any atom is -0.387 e. The predicted octanol–water partition coefficient (Wildman–Crippen LogP) is 0.771. The topological polar surface area (TPSA) is 80.4 Å². The number of nitrogens with two attached hydrogens (primary N) is 1. The molecule has 4 nitrogen and oxygen atoms in total. The van der Waals surface area contributed by atoms with Gasteiger partial charge in [0.1, 0.15) is 0 Å². The van der Waals surface area contributed by atoms with Gasteiger partial charge in [-0.15, -0.1) is 0 Å². The van der Waals surface area contributed by atoms with Crippen LogP contribution in [0.4, 0.5) is 0 Å². The van der Waals surface area contributed by atoms with Gasteiger partial charge >= 0.3 is 0 Å². The second-order valence-corrected chi connectivity index (χ2v) is 5.47. The molecule has 0 aliphatic rings. The number of rotatable bonds is 3. The van der Waals surface area contributed by atoms with Crippen molar-refractivity contribution < 1.29 is 13.5 Å². The van der Waals surface area contributed by atoms with Crippen LogP contribution < -0.4 is 5.14 Å². The largest absolute Gasteiger partial charge is 0.387 e. The van der Waals surface area contributed by atoms with Crippen LogP contribution in [-0.2, 0) is 10.0 Å². The molecule has 0 saturated heterocycles. The summed E-state index contributed by atoms with van der Waals surface area (Å²) in [4.78, 5) is 0. The lowest BCUT2D eigenvalue weighted by atomic mass is 10.1. The highest BCUT2D eigenvalue weighted by Crippen LogP contribution is 2.17. The van der Waals surface area contributed by atoms with Gasteiger partial charge in [0.2, 0.25) is 10.0 Å². The summed E-state index contributed by atoms with van der Waals surface area (Å²) in [6.07, 6.45) is -1.07.